The molecule has 2 aromatic carbocycles. The third kappa shape index (κ3) is 3.91. The number of methoxy groups -OCH3 is 1. The molecular weight excluding hydrogens is 368 g/mol. The molecule has 1 fully saturated rings. The SMILES string of the molecule is COc1ccccc1N1CCN(CCC(=O)c2csc3ccc(C)cc23)CC1. The monoisotopic (exact) mass is 394 g/mol. The number of piperazine rings is 1. The molecule has 0 unspecified atom stereocenters. The van der Waals surface area contributed by atoms with Crippen molar-refractivity contribution in [3.05, 3.63) is 59.0 Å². The van der Waals surface area contributed by atoms with Crippen LogP contribution in [0.1, 0.15) is 22.3 Å². The van der Waals surface area contributed by atoms with E-state index >= 15 is 0 Å². The van der Waals surface area contributed by atoms with Gasteiger partial charge in [0.15, 0.2) is 5.78 Å². The first-order valence-corrected chi connectivity index (χ1v) is 10.6. The minimum Gasteiger partial charge on any atom is -0.495 e. The summed E-state index contributed by atoms with van der Waals surface area (Å²) in [6, 6.07) is 14.5. The van der Waals surface area contributed by atoms with Gasteiger partial charge in [-0.15, -0.1) is 11.3 Å². The second-order valence-corrected chi connectivity index (χ2v) is 8.23. The van der Waals surface area contributed by atoms with Gasteiger partial charge < -0.3 is 9.64 Å². The highest BCUT2D eigenvalue weighted by Gasteiger charge is 2.20. The molecule has 1 aliphatic rings. The molecule has 4 rings (SSSR count). The van der Waals surface area contributed by atoms with E-state index in [-0.39, 0.29) is 5.78 Å². The second kappa shape index (κ2) is 8.33. The van der Waals surface area contributed by atoms with E-state index in [1.165, 1.54) is 10.3 Å². The number of nitrogens with zero attached hydrogens (tertiary/aromatic N) is 2. The summed E-state index contributed by atoms with van der Waals surface area (Å²) in [5, 5.41) is 3.13. The molecule has 0 radical (unpaired) electrons. The van der Waals surface area contributed by atoms with Crippen LogP contribution in [0, 0.1) is 6.92 Å². The van der Waals surface area contributed by atoms with Gasteiger partial charge in [-0.25, -0.2) is 0 Å². The molecular formula is C23H26N2O2S. The predicted molar refractivity (Wildman–Crippen MR) is 117 cm³/mol. The van der Waals surface area contributed by atoms with Gasteiger partial charge in [0.25, 0.3) is 0 Å². The topological polar surface area (TPSA) is 32.8 Å². The summed E-state index contributed by atoms with van der Waals surface area (Å²) in [6.07, 6.45) is 0.578. The Hall–Kier alpha value is -2.37. The number of para-hydroxylation sites is 2. The number of Topliss-reactive ketones (excluding diaryl/α,β-unsaturated/α-hetero) is 1. The predicted octanol–water partition coefficient (Wildman–Crippen LogP) is 4.61. The van der Waals surface area contributed by atoms with Gasteiger partial charge in [0.2, 0.25) is 0 Å². The minimum absolute atomic E-state index is 0.254. The van der Waals surface area contributed by atoms with Gasteiger partial charge in [0.1, 0.15) is 5.75 Å². The molecule has 0 saturated carbocycles. The van der Waals surface area contributed by atoms with Crippen LogP contribution in [0.4, 0.5) is 5.69 Å². The summed E-state index contributed by atoms with van der Waals surface area (Å²) in [6.45, 7) is 6.74. The Labute approximate surface area is 170 Å². The van der Waals surface area contributed by atoms with Crippen molar-refractivity contribution in [1.29, 1.82) is 0 Å². The molecule has 2 heterocycles. The smallest absolute Gasteiger partial charge is 0.165 e. The standard InChI is InChI=1S/C23H26N2O2S/c1-17-7-8-23-18(15-17)19(16-28-23)21(26)9-10-24-11-13-25(14-12-24)20-5-3-4-6-22(20)27-2/h3-8,15-16H,9-14H2,1-2H3. The van der Waals surface area contributed by atoms with E-state index in [1.807, 2.05) is 17.5 Å². The van der Waals surface area contributed by atoms with Crippen molar-refractivity contribution in [2.45, 2.75) is 13.3 Å². The van der Waals surface area contributed by atoms with Crippen molar-refractivity contribution in [3.63, 3.8) is 0 Å². The van der Waals surface area contributed by atoms with E-state index in [4.69, 9.17) is 4.74 Å². The van der Waals surface area contributed by atoms with Gasteiger partial charge in [0, 0.05) is 60.2 Å². The third-order valence-corrected chi connectivity index (χ3v) is 6.45. The first-order chi connectivity index (χ1) is 13.7. The average molecular weight is 395 g/mol. The molecule has 0 N–H and O–H groups in total. The number of anilines is 1. The van der Waals surface area contributed by atoms with E-state index in [2.05, 4.69) is 47.1 Å². The van der Waals surface area contributed by atoms with Crippen molar-refractivity contribution >= 4 is 32.9 Å². The number of hydrogen-bond donors (Lipinski definition) is 0. The number of aryl methyl sites for hydroxylation is 1. The van der Waals surface area contributed by atoms with E-state index in [0.717, 1.165) is 55.1 Å². The Balaban J connectivity index is 1.34. The molecule has 0 bridgehead atoms. The van der Waals surface area contributed by atoms with Gasteiger partial charge in [-0.2, -0.15) is 0 Å². The zero-order valence-electron chi connectivity index (χ0n) is 16.5. The van der Waals surface area contributed by atoms with Gasteiger partial charge in [-0.3, -0.25) is 9.69 Å². The summed E-state index contributed by atoms with van der Waals surface area (Å²) < 4.78 is 6.68. The molecule has 146 valence electrons. The van der Waals surface area contributed by atoms with Crippen molar-refractivity contribution in [1.82, 2.24) is 4.90 Å². The third-order valence-electron chi connectivity index (χ3n) is 5.48. The van der Waals surface area contributed by atoms with Crippen molar-refractivity contribution in [3.8, 4) is 5.75 Å². The van der Waals surface area contributed by atoms with Gasteiger partial charge in [0.05, 0.1) is 12.8 Å². The van der Waals surface area contributed by atoms with Crippen LogP contribution in [0.25, 0.3) is 10.1 Å². The second-order valence-electron chi connectivity index (χ2n) is 7.32. The molecule has 3 aromatic rings. The van der Waals surface area contributed by atoms with Crippen LogP contribution in [-0.2, 0) is 0 Å². The minimum atomic E-state index is 0.254. The van der Waals surface area contributed by atoms with Crippen molar-refractivity contribution in [2.24, 2.45) is 0 Å². The van der Waals surface area contributed by atoms with E-state index < -0.39 is 0 Å². The largest absolute Gasteiger partial charge is 0.495 e. The normalized spacial score (nSPS) is 15.1. The lowest BCUT2D eigenvalue weighted by Gasteiger charge is -2.36. The van der Waals surface area contributed by atoms with Crippen LogP contribution in [0.15, 0.2) is 47.8 Å². The quantitative estimate of drug-likeness (QED) is 0.572. The molecule has 1 saturated heterocycles. The fourth-order valence-electron chi connectivity index (χ4n) is 3.86. The zero-order valence-corrected chi connectivity index (χ0v) is 17.3. The zero-order chi connectivity index (χ0) is 19.5. The summed E-state index contributed by atoms with van der Waals surface area (Å²) >= 11 is 1.66. The van der Waals surface area contributed by atoms with Crippen molar-refractivity contribution in [2.75, 3.05) is 44.7 Å². The van der Waals surface area contributed by atoms with Crippen molar-refractivity contribution < 1.29 is 9.53 Å². The fourth-order valence-corrected chi connectivity index (χ4v) is 4.80. The molecule has 4 nitrogen and oxygen atoms in total. The Kier molecular flexibility index (Phi) is 5.64. The van der Waals surface area contributed by atoms with Gasteiger partial charge >= 0.3 is 0 Å². The summed E-state index contributed by atoms with van der Waals surface area (Å²) in [7, 11) is 1.72. The summed E-state index contributed by atoms with van der Waals surface area (Å²) in [4.78, 5) is 17.6. The van der Waals surface area contributed by atoms with Crippen LogP contribution in [0.2, 0.25) is 0 Å². The maximum Gasteiger partial charge on any atom is 0.165 e. The first-order valence-electron chi connectivity index (χ1n) is 9.77. The lowest BCUT2D eigenvalue weighted by Crippen LogP contribution is -2.47. The molecule has 0 spiro atoms. The molecule has 0 aliphatic carbocycles. The number of hydrogen-bond acceptors (Lipinski definition) is 5. The number of ketones is 1. The Morgan fingerprint density at radius 2 is 1.89 bits per heavy atom. The maximum atomic E-state index is 12.8. The Bertz CT molecular complexity index is 974. The number of benzene rings is 2. The maximum absolute atomic E-state index is 12.8. The Morgan fingerprint density at radius 3 is 2.68 bits per heavy atom. The lowest BCUT2D eigenvalue weighted by molar-refractivity contribution is 0.0964. The van der Waals surface area contributed by atoms with Gasteiger partial charge in [-0.1, -0.05) is 23.8 Å². The van der Waals surface area contributed by atoms with Crippen LogP contribution < -0.4 is 9.64 Å². The van der Waals surface area contributed by atoms with E-state index in [0.29, 0.717) is 6.42 Å². The number of ether oxygens (including phenoxy) is 1. The van der Waals surface area contributed by atoms with Gasteiger partial charge in [-0.05, 0) is 31.2 Å². The van der Waals surface area contributed by atoms with Crippen LogP contribution in [-0.4, -0.2) is 50.5 Å². The number of carbonyl (C=O) groups excluding carboxylic acids is 1. The number of rotatable bonds is 6. The molecule has 0 atom stereocenters. The molecule has 1 aliphatic heterocycles. The first kappa shape index (κ1) is 19.0. The van der Waals surface area contributed by atoms with Crippen LogP contribution in [0.3, 0.4) is 0 Å². The number of fused-ring (bicyclic) bond motifs is 1. The lowest BCUT2D eigenvalue weighted by atomic mass is 10.0. The molecule has 1 aromatic heterocycles. The highest BCUT2D eigenvalue weighted by atomic mass is 32.1. The van der Waals surface area contributed by atoms with E-state index in [1.54, 1.807) is 18.4 Å². The molecule has 28 heavy (non-hydrogen) atoms. The fraction of sp³-hybridized carbons (Fsp3) is 0.348. The van der Waals surface area contributed by atoms with Crippen LogP contribution >= 0.6 is 11.3 Å². The number of carbonyl (C=O) groups is 1. The highest BCUT2D eigenvalue weighted by Crippen LogP contribution is 2.29. The molecule has 0 amide bonds. The summed E-state index contributed by atoms with van der Waals surface area (Å²) in [5.74, 6) is 1.18. The number of thiophene rings is 1. The molecule has 5 heteroatoms. The average Bonchev–Trinajstić information content (AvgIpc) is 3.15. The Morgan fingerprint density at radius 1 is 1.11 bits per heavy atom. The summed E-state index contributed by atoms with van der Waals surface area (Å²) in [5.41, 5.74) is 3.24. The van der Waals surface area contributed by atoms with E-state index in [9.17, 15) is 4.79 Å². The van der Waals surface area contributed by atoms with Crippen LogP contribution in [0.5, 0.6) is 5.75 Å². The highest BCUT2D eigenvalue weighted by molar-refractivity contribution is 7.17.